The molecule has 0 bridgehead atoms. The SMILES string of the molecule is CCC(N)C1(C2C=C(F)C=C(F)C2)CCC(Oc2cc3cc[nH]c(=O)c3cc2OC)CC1. The van der Waals surface area contributed by atoms with E-state index in [-0.39, 0.29) is 35.5 Å². The predicted octanol–water partition coefficient (Wildman–Crippen LogP) is 5.31. The van der Waals surface area contributed by atoms with Crippen molar-refractivity contribution in [3.8, 4) is 11.5 Å². The van der Waals surface area contributed by atoms with Crippen molar-refractivity contribution in [3.05, 3.63) is 58.6 Å². The van der Waals surface area contributed by atoms with Crippen molar-refractivity contribution in [2.45, 2.75) is 57.6 Å². The number of methoxy groups -OCH3 is 1. The Morgan fingerprint density at radius 2 is 2.00 bits per heavy atom. The van der Waals surface area contributed by atoms with Crippen LogP contribution in [0.4, 0.5) is 8.78 Å². The molecule has 0 aliphatic heterocycles. The van der Waals surface area contributed by atoms with E-state index in [0.29, 0.717) is 16.9 Å². The molecule has 4 rings (SSSR count). The first-order valence-corrected chi connectivity index (χ1v) is 11.2. The van der Waals surface area contributed by atoms with Crippen LogP contribution in [0.3, 0.4) is 0 Å². The highest BCUT2D eigenvalue weighted by Crippen LogP contribution is 2.51. The van der Waals surface area contributed by atoms with Crippen molar-refractivity contribution >= 4 is 10.8 Å². The molecule has 2 aromatic rings. The molecule has 5 nitrogen and oxygen atoms in total. The van der Waals surface area contributed by atoms with Crippen LogP contribution in [-0.4, -0.2) is 24.2 Å². The smallest absolute Gasteiger partial charge is 0.255 e. The van der Waals surface area contributed by atoms with Crippen molar-refractivity contribution in [2.75, 3.05) is 7.11 Å². The average Bonchev–Trinajstić information content (AvgIpc) is 2.78. The van der Waals surface area contributed by atoms with Crippen molar-refractivity contribution in [2.24, 2.45) is 17.1 Å². The maximum absolute atomic E-state index is 14.1. The number of fused-ring (bicyclic) bond motifs is 1. The second kappa shape index (κ2) is 9.06. The zero-order chi connectivity index (χ0) is 22.9. The number of nitrogens with two attached hydrogens (primary N) is 1. The lowest BCUT2D eigenvalue weighted by molar-refractivity contribution is 0.0256. The van der Waals surface area contributed by atoms with E-state index in [2.05, 4.69) is 4.98 Å². The highest BCUT2D eigenvalue weighted by Gasteiger charge is 2.46. The number of hydrogen-bond donors (Lipinski definition) is 2. The summed E-state index contributed by atoms with van der Waals surface area (Å²) in [5, 5.41) is 1.31. The van der Waals surface area contributed by atoms with E-state index in [1.54, 1.807) is 25.4 Å². The van der Waals surface area contributed by atoms with Gasteiger partial charge in [0.15, 0.2) is 11.5 Å². The summed E-state index contributed by atoms with van der Waals surface area (Å²) < 4.78 is 39.9. The summed E-state index contributed by atoms with van der Waals surface area (Å²) in [6.07, 6.45) is 7.88. The van der Waals surface area contributed by atoms with Crippen LogP contribution in [0.25, 0.3) is 10.8 Å². The van der Waals surface area contributed by atoms with Crippen LogP contribution in [0.1, 0.15) is 45.4 Å². The van der Waals surface area contributed by atoms with E-state index in [4.69, 9.17) is 15.2 Å². The van der Waals surface area contributed by atoms with Crippen LogP contribution in [-0.2, 0) is 0 Å². The molecule has 2 aliphatic carbocycles. The Bertz CT molecular complexity index is 1100. The third-order valence-electron chi connectivity index (χ3n) is 7.20. The first-order chi connectivity index (χ1) is 15.4. The van der Waals surface area contributed by atoms with E-state index in [0.717, 1.165) is 43.6 Å². The van der Waals surface area contributed by atoms with E-state index < -0.39 is 11.7 Å². The van der Waals surface area contributed by atoms with Crippen LogP contribution in [0, 0.1) is 11.3 Å². The van der Waals surface area contributed by atoms with Gasteiger partial charge in [0.05, 0.1) is 18.6 Å². The van der Waals surface area contributed by atoms with Crippen molar-refractivity contribution in [1.29, 1.82) is 0 Å². The number of hydrogen-bond acceptors (Lipinski definition) is 4. The predicted molar refractivity (Wildman–Crippen MR) is 121 cm³/mol. The minimum atomic E-state index is -0.518. The topological polar surface area (TPSA) is 77.3 Å². The van der Waals surface area contributed by atoms with Crippen LogP contribution < -0.4 is 20.8 Å². The number of benzene rings is 1. The number of H-pyrrole nitrogens is 1. The van der Waals surface area contributed by atoms with Gasteiger partial charge in [-0.15, -0.1) is 0 Å². The van der Waals surface area contributed by atoms with Gasteiger partial charge in [-0.1, -0.05) is 6.92 Å². The maximum Gasteiger partial charge on any atom is 0.255 e. The first-order valence-electron chi connectivity index (χ1n) is 11.2. The van der Waals surface area contributed by atoms with Gasteiger partial charge in [-0.25, -0.2) is 8.78 Å². The van der Waals surface area contributed by atoms with Gasteiger partial charge in [0.1, 0.15) is 11.7 Å². The first kappa shape index (κ1) is 22.5. The van der Waals surface area contributed by atoms with E-state index >= 15 is 0 Å². The molecule has 1 aromatic heterocycles. The van der Waals surface area contributed by atoms with Gasteiger partial charge in [-0.05, 0) is 73.1 Å². The second-order valence-electron chi connectivity index (χ2n) is 8.92. The van der Waals surface area contributed by atoms with Gasteiger partial charge >= 0.3 is 0 Å². The number of halogens is 2. The second-order valence-corrected chi connectivity index (χ2v) is 8.92. The minimum absolute atomic E-state index is 0.0710. The van der Waals surface area contributed by atoms with Crippen molar-refractivity contribution in [1.82, 2.24) is 4.98 Å². The molecule has 0 radical (unpaired) electrons. The third kappa shape index (κ3) is 4.18. The van der Waals surface area contributed by atoms with Gasteiger partial charge in [-0.3, -0.25) is 4.79 Å². The molecule has 172 valence electrons. The summed E-state index contributed by atoms with van der Waals surface area (Å²) in [6.45, 7) is 2.02. The summed E-state index contributed by atoms with van der Waals surface area (Å²) in [5.41, 5.74) is 5.99. The standard InChI is InChI=1S/C25H30F2N2O3/c1-3-23(28)25(16-11-17(26)13-18(27)12-16)7-4-19(5-8-25)32-22-10-15-6-9-29-24(30)20(15)14-21(22)31-2/h6,9-11,13-14,16,19,23H,3-5,7-8,12,28H2,1-2H3,(H,29,30). The number of ether oxygens (including phenoxy) is 2. The summed E-state index contributed by atoms with van der Waals surface area (Å²) in [4.78, 5) is 14.7. The van der Waals surface area contributed by atoms with E-state index in [1.165, 1.54) is 0 Å². The van der Waals surface area contributed by atoms with Crippen LogP contribution in [0.15, 0.2) is 53.0 Å². The number of aromatic nitrogens is 1. The van der Waals surface area contributed by atoms with Crippen LogP contribution in [0.2, 0.25) is 0 Å². The van der Waals surface area contributed by atoms with Crippen LogP contribution in [0.5, 0.6) is 11.5 Å². The number of nitrogens with one attached hydrogen (secondary N) is 1. The van der Waals surface area contributed by atoms with Gasteiger partial charge in [0, 0.05) is 24.7 Å². The normalized spacial score (nSPS) is 26.9. The molecule has 7 heteroatoms. The summed E-state index contributed by atoms with van der Waals surface area (Å²) in [5.74, 6) is -0.116. The fourth-order valence-electron chi connectivity index (χ4n) is 5.38. The lowest BCUT2D eigenvalue weighted by Gasteiger charge is -2.48. The zero-order valence-corrected chi connectivity index (χ0v) is 18.5. The molecular weight excluding hydrogens is 414 g/mol. The van der Waals surface area contributed by atoms with Crippen LogP contribution >= 0.6 is 0 Å². The molecule has 1 fully saturated rings. The molecule has 1 aromatic carbocycles. The quantitative estimate of drug-likeness (QED) is 0.633. The maximum atomic E-state index is 14.1. The Morgan fingerprint density at radius 1 is 1.25 bits per heavy atom. The molecule has 32 heavy (non-hydrogen) atoms. The van der Waals surface area contributed by atoms with Gasteiger partial charge < -0.3 is 20.2 Å². The molecule has 1 heterocycles. The lowest BCUT2D eigenvalue weighted by atomic mass is 9.59. The van der Waals surface area contributed by atoms with Gasteiger partial charge in [0.25, 0.3) is 5.56 Å². The number of allylic oxidation sites excluding steroid dienone is 4. The van der Waals surface area contributed by atoms with Gasteiger partial charge in [-0.2, -0.15) is 0 Å². The zero-order valence-electron chi connectivity index (χ0n) is 18.5. The van der Waals surface area contributed by atoms with E-state index in [1.807, 2.05) is 19.1 Å². The largest absolute Gasteiger partial charge is 0.493 e. The fourth-order valence-corrected chi connectivity index (χ4v) is 5.38. The Labute approximate surface area is 186 Å². The average molecular weight is 445 g/mol. The molecular formula is C25H30F2N2O3. The number of pyridine rings is 1. The van der Waals surface area contributed by atoms with E-state index in [9.17, 15) is 13.6 Å². The fraction of sp³-hybridized carbons (Fsp3) is 0.480. The number of aromatic amines is 1. The lowest BCUT2D eigenvalue weighted by Crippen LogP contribution is -2.50. The minimum Gasteiger partial charge on any atom is -0.493 e. The summed E-state index contributed by atoms with van der Waals surface area (Å²) in [6, 6.07) is 5.18. The molecule has 2 atom stereocenters. The summed E-state index contributed by atoms with van der Waals surface area (Å²) in [7, 11) is 1.54. The van der Waals surface area contributed by atoms with Crippen molar-refractivity contribution < 1.29 is 18.3 Å². The molecule has 1 saturated carbocycles. The highest BCUT2D eigenvalue weighted by atomic mass is 19.1. The van der Waals surface area contributed by atoms with Crippen molar-refractivity contribution in [3.63, 3.8) is 0 Å². The summed E-state index contributed by atoms with van der Waals surface area (Å²) >= 11 is 0. The Morgan fingerprint density at radius 3 is 2.66 bits per heavy atom. The molecule has 0 amide bonds. The Hall–Kier alpha value is -2.67. The highest BCUT2D eigenvalue weighted by molar-refractivity contribution is 5.85. The molecule has 3 N–H and O–H groups in total. The molecule has 0 saturated heterocycles. The third-order valence-corrected chi connectivity index (χ3v) is 7.20. The number of rotatable bonds is 6. The Kier molecular flexibility index (Phi) is 6.38. The molecule has 2 aliphatic rings. The monoisotopic (exact) mass is 444 g/mol. The molecule has 2 unspecified atom stereocenters. The Balaban J connectivity index is 1.55. The molecule has 0 spiro atoms. The van der Waals surface area contributed by atoms with Gasteiger partial charge in [0.2, 0.25) is 0 Å².